The zero-order valence-electron chi connectivity index (χ0n) is 12.3. The Hall–Kier alpha value is -3.22. The molecule has 0 aromatic heterocycles. The van der Waals surface area contributed by atoms with E-state index in [9.17, 15) is 19.7 Å². The molecule has 0 spiro atoms. The van der Waals surface area contributed by atoms with Crippen molar-refractivity contribution in [2.45, 2.75) is 6.92 Å². The molecule has 0 atom stereocenters. The van der Waals surface area contributed by atoms with Crippen LogP contribution in [0.3, 0.4) is 0 Å². The molecule has 0 aliphatic heterocycles. The van der Waals surface area contributed by atoms with Crippen LogP contribution in [-0.2, 0) is 0 Å². The molecule has 0 bridgehead atoms. The van der Waals surface area contributed by atoms with Gasteiger partial charge in [0.15, 0.2) is 0 Å². The lowest BCUT2D eigenvalue weighted by Gasteiger charge is -2.10. The first-order valence-corrected chi connectivity index (χ1v) is 6.86. The number of esters is 1. The van der Waals surface area contributed by atoms with Crippen molar-refractivity contribution in [2.24, 2.45) is 0 Å². The van der Waals surface area contributed by atoms with Gasteiger partial charge in [-0.25, -0.2) is 4.79 Å². The molecule has 118 valence electrons. The second-order valence-corrected chi connectivity index (χ2v) is 4.55. The van der Waals surface area contributed by atoms with Crippen LogP contribution < -0.4 is 10.1 Å². The van der Waals surface area contributed by atoms with Crippen LogP contribution in [-0.4, -0.2) is 23.3 Å². The molecular formula is C16H14N2O5. The number of benzene rings is 2. The van der Waals surface area contributed by atoms with Gasteiger partial charge < -0.3 is 10.1 Å². The highest BCUT2D eigenvalue weighted by Crippen LogP contribution is 2.25. The van der Waals surface area contributed by atoms with Gasteiger partial charge >= 0.3 is 5.97 Å². The number of nitro groups is 1. The Morgan fingerprint density at radius 2 is 1.87 bits per heavy atom. The van der Waals surface area contributed by atoms with Crippen LogP contribution in [0, 0.1) is 10.1 Å². The van der Waals surface area contributed by atoms with Gasteiger partial charge in [0.25, 0.3) is 11.6 Å². The summed E-state index contributed by atoms with van der Waals surface area (Å²) in [6, 6.07) is 11.7. The molecule has 2 rings (SSSR count). The van der Waals surface area contributed by atoms with Crippen molar-refractivity contribution in [3.8, 4) is 5.75 Å². The quantitative estimate of drug-likeness (QED) is 0.396. The van der Waals surface area contributed by atoms with E-state index < -0.39 is 16.8 Å². The van der Waals surface area contributed by atoms with E-state index >= 15 is 0 Å². The van der Waals surface area contributed by atoms with Gasteiger partial charge in [-0.2, -0.15) is 0 Å². The molecule has 0 saturated carbocycles. The molecule has 0 fully saturated rings. The molecule has 7 nitrogen and oxygen atoms in total. The van der Waals surface area contributed by atoms with Gasteiger partial charge in [0.05, 0.1) is 16.1 Å². The largest absolute Gasteiger partial charge is 0.422 e. The standard InChI is InChI=1S/C16H14N2O5/c1-2-17-15(19)13-10-12(18(21)22)8-9-14(13)23-16(20)11-6-4-3-5-7-11/h3-10H,2H2,1H3,(H,17,19). The zero-order valence-corrected chi connectivity index (χ0v) is 12.3. The van der Waals surface area contributed by atoms with Crippen LogP contribution in [0.1, 0.15) is 27.6 Å². The summed E-state index contributed by atoms with van der Waals surface area (Å²) in [5.41, 5.74) is -0.0104. The lowest BCUT2D eigenvalue weighted by Crippen LogP contribution is -2.24. The second-order valence-electron chi connectivity index (χ2n) is 4.55. The lowest BCUT2D eigenvalue weighted by molar-refractivity contribution is -0.384. The Bertz CT molecular complexity index is 743. The fraction of sp³-hybridized carbons (Fsp3) is 0.125. The predicted molar refractivity (Wildman–Crippen MR) is 82.5 cm³/mol. The van der Waals surface area contributed by atoms with E-state index in [4.69, 9.17) is 4.74 Å². The average molecular weight is 314 g/mol. The summed E-state index contributed by atoms with van der Waals surface area (Å²) in [5, 5.41) is 13.4. The third-order valence-electron chi connectivity index (χ3n) is 2.97. The molecule has 0 saturated heterocycles. The maximum Gasteiger partial charge on any atom is 0.343 e. The maximum absolute atomic E-state index is 12.1. The first-order chi connectivity index (χ1) is 11.0. The van der Waals surface area contributed by atoms with E-state index in [0.29, 0.717) is 12.1 Å². The number of nitrogens with one attached hydrogen (secondary N) is 1. The summed E-state index contributed by atoms with van der Waals surface area (Å²) >= 11 is 0. The highest BCUT2D eigenvalue weighted by molar-refractivity contribution is 5.99. The third-order valence-corrected chi connectivity index (χ3v) is 2.97. The molecule has 0 unspecified atom stereocenters. The average Bonchev–Trinajstić information content (AvgIpc) is 2.56. The van der Waals surface area contributed by atoms with E-state index in [1.54, 1.807) is 37.3 Å². The number of hydrogen-bond donors (Lipinski definition) is 1. The number of amides is 1. The monoisotopic (exact) mass is 314 g/mol. The number of nitrogens with zero attached hydrogens (tertiary/aromatic N) is 1. The van der Waals surface area contributed by atoms with Crippen LogP contribution in [0.4, 0.5) is 5.69 Å². The molecule has 0 radical (unpaired) electrons. The van der Waals surface area contributed by atoms with Crippen molar-refractivity contribution >= 4 is 17.6 Å². The fourth-order valence-corrected chi connectivity index (χ4v) is 1.89. The minimum absolute atomic E-state index is 0.0320. The summed E-state index contributed by atoms with van der Waals surface area (Å²) in [5.74, 6) is -1.23. The minimum atomic E-state index is -0.648. The number of carbonyl (C=O) groups is 2. The summed E-state index contributed by atoms with van der Waals surface area (Å²) in [7, 11) is 0. The van der Waals surface area contributed by atoms with Gasteiger partial charge in [0.2, 0.25) is 0 Å². The van der Waals surface area contributed by atoms with Gasteiger partial charge in [-0.05, 0) is 25.1 Å². The first-order valence-electron chi connectivity index (χ1n) is 6.86. The van der Waals surface area contributed by atoms with Gasteiger partial charge in [0.1, 0.15) is 5.75 Å². The minimum Gasteiger partial charge on any atom is -0.422 e. The number of non-ortho nitro benzene ring substituents is 1. The van der Waals surface area contributed by atoms with Gasteiger partial charge in [-0.3, -0.25) is 14.9 Å². The first kappa shape index (κ1) is 16.2. The van der Waals surface area contributed by atoms with E-state index in [2.05, 4.69) is 5.32 Å². The Morgan fingerprint density at radius 1 is 1.17 bits per heavy atom. The maximum atomic E-state index is 12.1. The molecule has 2 aromatic carbocycles. The van der Waals surface area contributed by atoms with Crippen LogP contribution >= 0.6 is 0 Å². The number of rotatable bonds is 5. The van der Waals surface area contributed by atoms with E-state index in [0.717, 1.165) is 6.07 Å². The number of carbonyl (C=O) groups excluding carboxylic acids is 2. The van der Waals surface area contributed by atoms with E-state index in [-0.39, 0.29) is 17.0 Å². The second kappa shape index (κ2) is 7.17. The van der Waals surface area contributed by atoms with Crippen molar-refractivity contribution in [1.82, 2.24) is 5.32 Å². The highest BCUT2D eigenvalue weighted by Gasteiger charge is 2.20. The molecule has 1 amide bonds. The van der Waals surface area contributed by atoms with Gasteiger partial charge in [-0.15, -0.1) is 0 Å². The predicted octanol–water partition coefficient (Wildman–Crippen LogP) is 2.56. The van der Waals surface area contributed by atoms with Crippen molar-refractivity contribution in [3.05, 3.63) is 69.8 Å². The Labute approximate surface area is 132 Å². The molecule has 0 aliphatic carbocycles. The normalized spacial score (nSPS) is 9.96. The van der Waals surface area contributed by atoms with Crippen molar-refractivity contribution in [3.63, 3.8) is 0 Å². The van der Waals surface area contributed by atoms with Crippen molar-refractivity contribution in [1.29, 1.82) is 0 Å². The summed E-state index contributed by atoms with van der Waals surface area (Å²) in [6.45, 7) is 2.05. The summed E-state index contributed by atoms with van der Waals surface area (Å²) in [6.07, 6.45) is 0. The summed E-state index contributed by atoms with van der Waals surface area (Å²) in [4.78, 5) is 34.3. The van der Waals surface area contributed by atoms with Gasteiger partial charge in [0, 0.05) is 18.7 Å². The molecule has 23 heavy (non-hydrogen) atoms. The topological polar surface area (TPSA) is 98.5 Å². The Kier molecular flexibility index (Phi) is 5.03. The van der Waals surface area contributed by atoms with E-state index in [1.165, 1.54) is 12.1 Å². The van der Waals surface area contributed by atoms with Gasteiger partial charge in [-0.1, -0.05) is 18.2 Å². The van der Waals surface area contributed by atoms with E-state index in [1.807, 2.05) is 0 Å². The Balaban J connectivity index is 2.35. The number of nitro benzene ring substituents is 1. The Morgan fingerprint density at radius 3 is 2.48 bits per heavy atom. The van der Waals surface area contributed by atoms with Crippen molar-refractivity contribution < 1.29 is 19.2 Å². The molecule has 0 aliphatic rings. The van der Waals surface area contributed by atoms with Crippen LogP contribution in [0.2, 0.25) is 0 Å². The zero-order chi connectivity index (χ0) is 16.8. The lowest BCUT2D eigenvalue weighted by atomic mass is 10.1. The summed E-state index contributed by atoms with van der Waals surface area (Å²) < 4.78 is 5.21. The van der Waals surface area contributed by atoms with Crippen LogP contribution in [0.25, 0.3) is 0 Å². The smallest absolute Gasteiger partial charge is 0.343 e. The number of ether oxygens (including phenoxy) is 1. The molecular weight excluding hydrogens is 300 g/mol. The molecule has 7 heteroatoms. The van der Waals surface area contributed by atoms with Crippen LogP contribution in [0.15, 0.2) is 48.5 Å². The van der Waals surface area contributed by atoms with Crippen LogP contribution in [0.5, 0.6) is 5.75 Å². The SMILES string of the molecule is CCNC(=O)c1cc([N+](=O)[O-])ccc1OC(=O)c1ccccc1. The molecule has 0 heterocycles. The van der Waals surface area contributed by atoms with Crippen molar-refractivity contribution in [2.75, 3.05) is 6.54 Å². The number of hydrogen-bond acceptors (Lipinski definition) is 5. The molecule has 2 aromatic rings. The fourth-order valence-electron chi connectivity index (χ4n) is 1.89. The highest BCUT2D eigenvalue weighted by atomic mass is 16.6. The third kappa shape index (κ3) is 3.91. The molecule has 1 N–H and O–H groups in total.